The molecule has 0 aromatic carbocycles. The van der Waals surface area contributed by atoms with E-state index in [-0.39, 0.29) is 5.75 Å². The minimum atomic E-state index is -3.04. The fraction of sp³-hybridized carbons (Fsp3) is 1.00. The zero-order valence-corrected chi connectivity index (χ0v) is 13.0. The highest BCUT2D eigenvalue weighted by atomic mass is 32.2. The lowest BCUT2D eigenvalue weighted by atomic mass is 9.97. The molecule has 0 amide bonds. The van der Waals surface area contributed by atoms with E-state index in [0.29, 0.717) is 31.6 Å². The second-order valence-corrected chi connectivity index (χ2v) is 8.11. The van der Waals surface area contributed by atoms with Crippen molar-refractivity contribution in [3.05, 3.63) is 0 Å². The van der Waals surface area contributed by atoms with Gasteiger partial charge >= 0.3 is 0 Å². The Morgan fingerprint density at radius 1 is 1.26 bits per heavy atom. The lowest BCUT2D eigenvalue weighted by Crippen LogP contribution is -2.45. The summed E-state index contributed by atoms with van der Waals surface area (Å²) in [4.78, 5) is 2.47. The van der Waals surface area contributed by atoms with Gasteiger partial charge in [0.15, 0.2) is 0 Å². The maximum Gasteiger partial charge on any atom is 0.215 e. The molecule has 0 radical (unpaired) electrons. The molecule has 19 heavy (non-hydrogen) atoms. The van der Waals surface area contributed by atoms with Crippen LogP contribution < -0.4 is 5.32 Å². The Bertz CT molecular complexity index is 383. The van der Waals surface area contributed by atoms with E-state index in [2.05, 4.69) is 24.1 Å². The van der Waals surface area contributed by atoms with Crippen LogP contribution in [0.2, 0.25) is 0 Å². The lowest BCUT2D eigenvalue weighted by molar-refractivity contribution is 0.128. The summed E-state index contributed by atoms with van der Waals surface area (Å²) in [6.45, 7) is 9.32. The third-order valence-electron chi connectivity index (χ3n) is 4.21. The molecule has 1 unspecified atom stereocenters. The van der Waals surface area contributed by atoms with Gasteiger partial charge in [-0.3, -0.25) is 0 Å². The van der Waals surface area contributed by atoms with E-state index in [4.69, 9.17) is 0 Å². The molecule has 5 nitrogen and oxygen atoms in total. The molecule has 2 aliphatic heterocycles. The Kier molecular flexibility index (Phi) is 5.22. The fourth-order valence-electron chi connectivity index (χ4n) is 3.01. The zero-order chi connectivity index (χ0) is 13.9. The third-order valence-corrected chi connectivity index (χ3v) is 6.05. The van der Waals surface area contributed by atoms with Gasteiger partial charge in [0.2, 0.25) is 10.0 Å². The molecular weight excluding hydrogens is 262 g/mol. The van der Waals surface area contributed by atoms with Gasteiger partial charge < -0.3 is 10.2 Å². The average Bonchev–Trinajstić information content (AvgIpc) is 2.52. The monoisotopic (exact) mass is 289 g/mol. The molecule has 6 heteroatoms. The highest BCUT2D eigenvalue weighted by Crippen LogP contribution is 2.20. The Balaban J connectivity index is 1.95. The van der Waals surface area contributed by atoms with Gasteiger partial charge in [0, 0.05) is 38.8 Å². The van der Waals surface area contributed by atoms with Crippen molar-refractivity contribution in [1.29, 1.82) is 0 Å². The molecule has 0 saturated carbocycles. The summed E-state index contributed by atoms with van der Waals surface area (Å²) in [5.41, 5.74) is 0. The smallest absolute Gasteiger partial charge is 0.215 e. The molecule has 2 fully saturated rings. The number of nitrogens with zero attached hydrogens (tertiary/aromatic N) is 2. The largest absolute Gasteiger partial charge is 0.314 e. The SMILES string of the molecule is CC(C)N1CCCC(CN2CCNCCS2(=O)=O)C1. The second-order valence-electron chi connectivity index (χ2n) is 6.02. The van der Waals surface area contributed by atoms with Gasteiger partial charge in [0.05, 0.1) is 5.75 Å². The van der Waals surface area contributed by atoms with Crippen molar-refractivity contribution in [2.75, 3.05) is 45.0 Å². The fourth-order valence-corrected chi connectivity index (χ4v) is 4.47. The van der Waals surface area contributed by atoms with E-state index in [9.17, 15) is 8.42 Å². The number of rotatable bonds is 3. The van der Waals surface area contributed by atoms with Crippen LogP contribution in [0.5, 0.6) is 0 Å². The molecule has 0 aromatic rings. The van der Waals surface area contributed by atoms with E-state index in [1.54, 1.807) is 4.31 Å². The molecule has 2 heterocycles. The van der Waals surface area contributed by atoms with Crippen LogP contribution in [0.3, 0.4) is 0 Å². The second kappa shape index (κ2) is 6.52. The summed E-state index contributed by atoms with van der Waals surface area (Å²) in [5, 5.41) is 3.17. The maximum atomic E-state index is 12.2. The predicted octanol–water partition coefficient (Wildman–Crippen LogP) is 0.342. The molecule has 2 aliphatic rings. The first kappa shape index (κ1) is 15.2. The maximum absolute atomic E-state index is 12.2. The summed E-state index contributed by atoms with van der Waals surface area (Å²) in [7, 11) is -3.04. The first-order valence-electron chi connectivity index (χ1n) is 7.41. The van der Waals surface area contributed by atoms with Crippen molar-refractivity contribution in [2.24, 2.45) is 5.92 Å². The van der Waals surface area contributed by atoms with Crippen molar-refractivity contribution in [3.8, 4) is 0 Å². The molecule has 1 atom stereocenters. The number of piperidine rings is 1. The Morgan fingerprint density at radius 2 is 2.05 bits per heavy atom. The minimum absolute atomic E-state index is 0.244. The number of hydrogen-bond acceptors (Lipinski definition) is 4. The van der Waals surface area contributed by atoms with Crippen molar-refractivity contribution >= 4 is 10.0 Å². The molecule has 0 spiro atoms. The Hall–Kier alpha value is -0.170. The van der Waals surface area contributed by atoms with Crippen LogP contribution in [-0.4, -0.2) is 68.7 Å². The highest BCUT2D eigenvalue weighted by Gasteiger charge is 2.29. The predicted molar refractivity (Wildman–Crippen MR) is 77.7 cm³/mol. The number of nitrogens with one attached hydrogen (secondary N) is 1. The lowest BCUT2D eigenvalue weighted by Gasteiger charge is -2.37. The molecular formula is C13H27N3O2S. The minimum Gasteiger partial charge on any atom is -0.314 e. The molecule has 112 valence electrons. The number of hydrogen-bond donors (Lipinski definition) is 1. The van der Waals surface area contributed by atoms with Crippen LogP contribution in [0.1, 0.15) is 26.7 Å². The van der Waals surface area contributed by atoms with Gasteiger partial charge in [-0.25, -0.2) is 12.7 Å². The van der Waals surface area contributed by atoms with Gasteiger partial charge in [-0.05, 0) is 39.2 Å². The Labute approximate surface area is 117 Å². The highest BCUT2D eigenvalue weighted by molar-refractivity contribution is 7.89. The van der Waals surface area contributed by atoms with E-state index in [1.165, 1.54) is 6.42 Å². The third kappa shape index (κ3) is 4.15. The normalized spacial score (nSPS) is 30.4. The van der Waals surface area contributed by atoms with Crippen molar-refractivity contribution in [1.82, 2.24) is 14.5 Å². The topological polar surface area (TPSA) is 52.6 Å². The number of likely N-dealkylation sites (tertiary alicyclic amines) is 1. The van der Waals surface area contributed by atoms with E-state index in [1.807, 2.05) is 0 Å². The van der Waals surface area contributed by atoms with Crippen LogP contribution in [0.25, 0.3) is 0 Å². The standard InChI is InChI=1S/C13H27N3O2S/c1-12(2)15-7-3-4-13(10-15)11-16-8-5-14-6-9-19(16,17)18/h12-14H,3-11H2,1-2H3. The van der Waals surface area contributed by atoms with Crippen molar-refractivity contribution in [2.45, 2.75) is 32.7 Å². The van der Waals surface area contributed by atoms with E-state index in [0.717, 1.165) is 26.1 Å². The van der Waals surface area contributed by atoms with Crippen LogP contribution in [0.15, 0.2) is 0 Å². The molecule has 0 bridgehead atoms. The van der Waals surface area contributed by atoms with Gasteiger partial charge in [0.25, 0.3) is 0 Å². The van der Waals surface area contributed by atoms with Gasteiger partial charge in [-0.1, -0.05) is 0 Å². The molecule has 2 saturated heterocycles. The summed E-state index contributed by atoms with van der Waals surface area (Å²) >= 11 is 0. The van der Waals surface area contributed by atoms with Crippen molar-refractivity contribution in [3.63, 3.8) is 0 Å². The quantitative estimate of drug-likeness (QED) is 0.814. The average molecular weight is 289 g/mol. The van der Waals surface area contributed by atoms with Crippen LogP contribution in [0, 0.1) is 5.92 Å². The molecule has 0 aromatic heterocycles. The first-order chi connectivity index (χ1) is 8.99. The van der Waals surface area contributed by atoms with Gasteiger partial charge in [-0.15, -0.1) is 0 Å². The van der Waals surface area contributed by atoms with Gasteiger partial charge in [-0.2, -0.15) is 0 Å². The van der Waals surface area contributed by atoms with Crippen LogP contribution >= 0.6 is 0 Å². The molecule has 1 N–H and O–H groups in total. The van der Waals surface area contributed by atoms with Crippen LogP contribution in [0.4, 0.5) is 0 Å². The summed E-state index contributed by atoms with van der Waals surface area (Å²) in [5.74, 6) is 0.734. The summed E-state index contributed by atoms with van der Waals surface area (Å²) < 4.78 is 26.0. The molecule has 2 rings (SSSR count). The Morgan fingerprint density at radius 3 is 2.79 bits per heavy atom. The van der Waals surface area contributed by atoms with Crippen LogP contribution in [-0.2, 0) is 10.0 Å². The summed E-state index contributed by atoms with van der Waals surface area (Å²) in [6.07, 6.45) is 2.34. The van der Waals surface area contributed by atoms with Crippen molar-refractivity contribution < 1.29 is 8.42 Å². The van der Waals surface area contributed by atoms with E-state index >= 15 is 0 Å². The number of sulfonamides is 1. The first-order valence-corrected chi connectivity index (χ1v) is 9.02. The summed E-state index contributed by atoms with van der Waals surface area (Å²) in [6, 6.07) is 0.560. The zero-order valence-electron chi connectivity index (χ0n) is 12.1. The van der Waals surface area contributed by atoms with E-state index < -0.39 is 10.0 Å². The molecule has 0 aliphatic carbocycles. The van der Waals surface area contributed by atoms with Gasteiger partial charge in [0.1, 0.15) is 0 Å².